The van der Waals surface area contributed by atoms with Gasteiger partial charge in [-0.1, -0.05) is 23.7 Å². The van der Waals surface area contributed by atoms with Crippen molar-refractivity contribution in [3.63, 3.8) is 0 Å². The van der Waals surface area contributed by atoms with Crippen molar-refractivity contribution in [2.45, 2.75) is 12.8 Å². The molecular weight excluding hydrogens is 288 g/mol. The van der Waals surface area contributed by atoms with Crippen LogP contribution >= 0.6 is 11.6 Å². The molecule has 0 fully saturated rings. The number of hydrogen-bond acceptors (Lipinski definition) is 3. The van der Waals surface area contributed by atoms with Gasteiger partial charge >= 0.3 is 0 Å². The predicted octanol–water partition coefficient (Wildman–Crippen LogP) is 4.19. The van der Waals surface area contributed by atoms with Gasteiger partial charge in [-0.3, -0.25) is 9.59 Å². The summed E-state index contributed by atoms with van der Waals surface area (Å²) in [5, 5.41) is 0.416. The number of halogens is 1. The van der Waals surface area contributed by atoms with Gasteiger partial charge in [-0.15, -0.1) is 0 Å². The number of Topliss-reactive ketones (excluding diaryl/α,β-unsaturated/α-hetero) is 2. The number of methoxy groups -OCH3 is 1. The van der Waals surface area contributed by atoms with E-state index in [0.717, 1.165) is 0 Å². The van der Waals surface area contributed by atoms with Crippen LogP contribution in [0.2, 0.25) is 5.02 Å². The van der Waals surface area contributed by atoms with Crippen molar-refractivity contribution >= 4 is 23.2 Å². The van der Waals surface area contributed by atoms with Crippen molar-refractivity contribution in [2.75, 3.05) is 7.11 Å². The van der Waals surface area contributed by atoms with Gasteiger partial charge in [0.1, 0.15) is 5.75 Å². The lowest BCUT2D eigenvalue weighted by molar-refractivity contribution is 0.0917. The second-order valence-electron chi connectivity index (χ2n) is 4.55. The van der Waals surface area contributed by atoms with Crippen LogP contribution in [-0.2, 0) is 0 Å². The van der Waals surface area contributed by atoms with E-state index in [1.807, 2.05) is 0 Å². The fourth-order valence-electron chi connectivity index (χ4n) is 1.97. The lowest BCUT2D eigenvalue weighted by Gasteiger charge is -2.04. The van der Waals surface area contributed by atoms with Crippen LogP contribution in [0, 0.1) is 0 Å². The van der Waals surface area contributed by atoms with Gasteiger partial charge in [-0.05, 0) is 36.4 Å². The van der Waals surface area contributed by atoms with Gasteiger partial charge < -0.3 is 4.74 Å². The maximum absolute atomic E-state index is 12.0. The first-order valence-electron chi connectivity index (χ1n) is 6.57. The molecule has 0 aliphatic rings. The molecule has 0 spiro atoms. The van der Waals surface area contributed by atoms with Crippen LogP contribution in [0.1, 0.15) is 33.6 Å². The van der Waals surface area contributed by atoms with Gasteiger partial charge in [0, 0.05) is 24.0 Å². The Balaban J connectivity index is 1.97. The molecule has 0 unspecified atom stereocenters. The molecule has 2 aromatic rings. The molecule has 0 N–H and O–H groups in total. The van der Waals surface area contributed by atoms with E-state index in [1.54, 1.807) is 55.6 Å². The molecule has 0 amide bonds. The number of ether oxygens (including phenoxy) is 1. The molecule has 4 heteroatoms. The Morgan fingerprint density at radius 2 is 1.57 bits per heavy atom. The summed E-state index contributed by atoms with van der Waals surface area (Å²) in [6.45, 7) is 0. The number of benzene rings is 2. The van der Waals surface area contributed by atoms with Gasteiger partial charge in [0.05, 0.1) is 12.1 Å². The van der Waals surface area contributed by atoms with Gasteiger partial charge in [0.15, 0.2) is 11.6 Å². The van der Waals surface area contributed by atoms with E-state index >= 15 is 0 Å². The highest BCUT2D eigenvalue weighted by atomic mass is 35.5. The minimum Gasteiger partial charge on any atom is -0.497 e. The molecule has 0 heterocycles. The smallest absolute Gasteiger partial charge is 0.164 e. The SMILES string of the molecule is COc1ccc(C(=O)CCC(=O)c2ccccc2Cl)cc1. The third-order valence-corrected chi connectivity index (χ3v) is 3.49. The average Bonchev–Trinajstić information content (AvgIpc) is 2.52. The summed E-state index contributed by atoms with van der Waals surface area (Å²) in [5.74, 6) is 0.499. The van der Waals surface area contributed by atoms with E-state index in [4.69, 9.17) is 16.3 Å². The van der Waals surface area contributed by atoms with E-state index in [2.05, 4.69) is 0 Å². The van der Waals surface area contributed by atoms with Crippen molar-refractivity contribution in [1.29, 1.82) is 0 Å². The van der Waals surface area contributed by atoms with Crippen molar-refractivity contribution in [2.24, 2.45) is 0 Å². The standard InChI is InChI=1S/C17H15ClO3/c1-21-13-8-6-12(7-9-13)16(19)10-11-17(20)14-4-2-3-5-15(14)18/h2-9H,10-11H2,1H3. The highest BCUT2D eigenvalue weighted by Gasteiger charge is 2.13. The van der Waals surface area contributed by atoms with Gasteiger partial charge in [-0.25, -0.2) is 0 Å². The van der Waals surface area contributed by atoms with Crippen molar-refractivity contribution in [1.82, 2.24) is 0 Å². The van der Waals surface area contributed by atoms with E-state index < -0.39 is 0 Å². The normalized spacial score (nSPS) is 10.2. The molecule has 2 rings (SSSR count). The summed E-state index contributed by atoms with van der Waals surface area (Å²) in [5.41, 5.74) is 1.03. The number of hydrogen-bond donors (Lipinski definition) is 0. The molecule has 0 aromatic heterocycles. The molecule has 21 heavy (non-hydrogen) atoms. The second kappa shape index (κ2) is 7.04. The summed E-state index contributed by atoms with van der Waals surface area (Å²) in [6, 6.07) is 13.7. The third kappa shape index (κ3) is 3.92. The number of carbonyl (C=O) groups excluding carboxylic acids is 2. The molecule has 0 atom stereocenters. The Bertz CT molecular complexity index is 647. The van der Waals surface area contributed by atoms with E-state index in [9.17, 15) is 9.59 Å². The van der Waals surface area contributed by atoms with E-state index in [1.165, 1.54) is 0 Å². The molecule has 0 bridgehead atoms. The van der Waals surface area contributed by atoms with Crippen LogP contribution in [0.25, 0.3) is 0 Å². The van der Waals surface area contributed by atoms with Gasteiger partial charge in [0.2, 0.25) is 0 Å². The quantitative estimate of drug-likeness (QED) is 0.751. The van der Waals surface area contributed by atoms with Crippen LogP contribution in [0.3, 0.4) is 0 Å². The maximum atomic E-state index is 12.0. The minimum atomic E-state index is -0.123. The lowest BCUT2D eigenvalue weighted by atomic mass is 10.0. The molecule has 108 valence electrons. The molecule has 0 radical (unpaired) electrons. The molecule has 0 saturated heterocycles. The Hall–Kier alpha value is -2.13. The first-order valence-corrected chi connectivity index (χ1v) is 6.94. The molecule has 2 aromatic carbocycles. The Morgan fingerprint density at radius 1 is 0.952 bits per heavy atom. The van der Waals surface area contributed by atoms with Crippen molar-refractivity contribution < 1.29 is 14.3 Å². The monoisotopic (exact) mass is 302 g/mol. The minimum absolute atomic E-state index is 0.0712. The molecule has 0 saturated carbocycles. The maximum Gasteiger partial charge on any atom is 0.164 e. The zero-order valence-corrected chi connectivity index (χ0v) is 12.4. The first-order chi connectivity index (χ1) is 10.1. The van der Waals surface area contributed by atoms with Crippen LogP contribution in [0.4, 0.5) is 0 Å². The zero-order chi connectivity index (χ0) is 15.2. The molecule has 0 aliphatic carbocycles. The summed E-state index contributed by atoms with van der Waals surface area (Å²) >= 11 is 5.97. The number of ketones is 2. The predicted molar refractivity (Wildman–Crippen MR) is 82.3 cm³/mol. The van der Waals surface area contributed by atoms with Crippen LogP contribution in [-0.4, -0.2) is 18.7 Å². The summed E-state index contributed by atoms with van der Waals surface area (Å²) < 4.78 is 5.04. The number of carbonyl (C=O) groups is 2. The molecule has 3 nitrogen and oxygen atoms in total. The highest BCUT2D eigenvalue weighted by Crippen LogP contribution is 2.18. The summed E-state index contributed by atoms with van der Waals surface area (Å²) in [7, 11) is 1.57. The van der Waals surface area contributed by atoms with E-state index in [-0.39, 0.29) is 24.4 Å². The molecular formula is C17H15ClO3. The van der Waals surface area contributed by atoms with Crippen LogP contribution in [0.5, 0.6) is 5.75 Å². The molecule has 0 aliphatic heterocycles. The van der Waals surface area contributed by atoms with Gasteiger partial charge in [-0.2, -0.15) is 0 Å². The van der Waals surface area contributed by atoms with Gasteiger partial charge in [0.25, 0.3) is 0 Å². The zero-order valence-electron chi connectivity index (χ0n) is 11.6. The van der Waals surface area contributed by atoms with Crippen molar-refractivity contribution in [3.05, 3.63) is 64.7 Å². The van der Waals surface area contributed by atoms with E-state index in [0.29, 0.717) is 21.9 Å². The van der Waals surface area contributed by atoms with Crippen LogP contribution < -0.4 is 4.74 Å². The first kappa shape index (κ1) is 15.3. The average molecular weight is 303 g/mol. The van der Waals surface area contributed by atoms with Crippen molar-refractivity contribution in [3.8, 4) is 5.75 Å². The lowest BCUT2D eigenvalue weighted by Crippen LogP contribution is -2.05. The number of rotatable bonds is 6. The van der Waals surface area contributed by atoms with Crippen LogP contribution in [0.15, 0.2) is 48.5 Å². The summed E-state index contributed by atoms with van der Waals surface area (Å²) in [6.07, 6.45) is 0.310. The Labute approximate surface area is 128 Å². The topological polar surface area (TPSA) is 43.4 Å². The highest BCUT2D eigenvalue weighted by molar-refractivity contribution is 6.34. The Kier molecular flexibility index (Phi) is 5.12. The fraction of sp³-hybridized carbons (Fsp3) is 0.176. The second-order valence-corrected chi connectivity index (χ2v) is 4.96. The Morgan fingerprint density at radius 3 is 2.19 bits per heavy atom. The largest absolute Gasteiger partial charge is 0.497 e. The third-order valence-electron chi connectivity index (χ3n) is 3.17. The fourth-order valence-corrected chi connectivity index (χ4v) is 2.21. The summed E-state index contributed by atoms with van der Waals surface area (Å²) in [4.78, 5) is 24.1.